The summed E-state index contributed by atoms with van der Waals surface area (Å²) in [6.45, 7) is 5.04. The van der Waals surface area contributed by atoms with Crippen LogP contribution in [0.15, 0.2) is 24.3 Å². The first kappa shape index (κ1) is 15.0. The zero-order valence-corrected chi connectivity index (χ0v) is 11.8. The molecule has 18 heavy (non-hydrogen) atoms. The van der Waals surface area contributed by atoms with Crippen molar-refractivity contribution >= 4 is 0 Å². The molecule has 0 saturated carbocycles. The maximum Gasteiger partial charge on any atom is 0.124 e. The fourth-order valence-corrected chi connectivity index (χ4v) is 1.85. The second-order valence-corrected chi connectivity index (χ2v) is 5.02. The van der Waals surface area contributed by atoms with Gasteiger partial charge in [0.25, 0.3) is 0 Å². The molecule has 0 heterocycles. The third kappa shape index (κ3) is 4.64. The molecular formula is C14H25N3O. The van der Waals surface area contributed by atoms with Crippen LogP contribution in [0.4, 0.5) is 0 Å². The molecule has 0 saturated heterocycles. The smallest absolute Gasteiger partial charge is 0.124 e. The van der Waals surface area contributed by atoms with Gasteiger partial charge in [-0.2, -0.15) is 0 Å². The summed E-state index contributed by atoms with van der Waals surface area (Å²) >= 11 is 0. The summed E-state index contributed by atoms with van der Waals surface area (Å²) in [4.78, 5) is 2.15. The van der Waals surface area contributed by atoms with Crippen molar-refractivity contribution < 1.29 is 4.74 Å². The van der Waals surface area contributed by atoms with Crippen LogP contribution in [-0.2, 0) is 0 Å². The summed E-state index contributed by atoms with van der Waals surface area (Å²) in [5, 5.41) is 0. The second kappa shape index (κ2) is 7.36. The van der Waals surface area contributed by atoms with E-state index in [2.05, 4.69) is 30.5 Å². The third-order valence-electron chi connectivity index (χ3n) is 2.72. The number of benzene rings is 1. The fraction of sp³-hybridized carbons (Fsp3) is 0.571. The first-order chi connectivity index (χ1) is 8.54. The van der Waals surface area contributed by atoms with Crippen LogP contribution < -0.4 is 16.0 Å². The molecule has 0 aliphatic rings. The first-order valence-corrected chi connectivity index (χ1v) is 6.41. The van der Waals surface area contributed by atoms with E-state index in [1.807, 2.05) is 32.0 Å². The lowest BCUT2D eigenvalue weighted by Crippen LogP contribution is -2.31. The number of hydrogen-bond acceptors (Lipinski definition) is 4. The Bertz CT molecular complexity index is 353. The Morgan fingerprint density at radius 2 is 1.94 bits per heavy atom. The monoisotopic (exact) mass is 251 g/mol. The predicted octanol–water partition coefficient (Wildman–Crippen LogP) is 1.93. The average Bonchev–Trinajstić information content (AvgIpc) is 2.30. The van der Waals surface area contributed by atoms with E-state index in [1.165, 1.54) is 0 Å². The highest BCUT2D eigenvalue weighted by atomic mass is 16.5. The molecule has 0 amide bonds. The van der Waals surface area contributed by atoms with Crippen LogP contribution in [-0.4, -0.2) is 31.6 Å². The van der Waals surface area contributed by atoms with Gasteiger partial charge in [-0.3, -0.25) is 11.3 Å². The van der Waals surface area contributed by atoms with Gasteiger partial charge >= 0.3 is 0 Å². The van der Waals surface area contributed by atoms with E-state index in [-0.39, 0.29) is 12.1 Å². The van der Waals surface area contributed by atoms with Gasteiger partial charge in [0, 0.05) is 5.56 Å². The second-order valence-electron chi connectivity index (χ2n) is 5.02. The standard InChI is InChI=1S/C14H25N3O/c1-11(2)18-14-8-6-5-7-12(14)13(16-15)9-10-17(3)4/h5-8,11,13,16H,9-10,15H2,1-4H3. The van der Waals surface area contributed by atoms with E-state index < -0.39 is 0 Å². The molecule has 1 rings (SSSR count). The van der Waals surface area contributed by atoms with Crippen LogP contribution in [0.3, 0.4) is 0 Å². The predicted molar refractivity (Wildman–Crippen MR) is 75.4 cm³/mol. The zero-order chi connectivity index (χ0) is 13.5. The van der Waals surface area contributed by atoms with Gasteiger partial charge in [0.1, 0.15) is 5.75 Å². The van der Waals surface area contributed by atoms with Crippen LogP contribution in [0.1, 0.15) is 31.9 Å². The molecule has 0 aromatic heterocycles. The number of rotatable bonds is 7. The van der Waals surface area contributed by atoms with Crippen LogP contribution in [0.25, 0.3) is 0 Å². The maximum atomic E-state index is 5.83. The average molecular weight is 251 g/mol. The Kier molecular flexibility index (Phi) is 6.12. The highest BCUT2D eigenvalue weighted by Gasteiger charge is 2.15. The minimum atomic E-state index is 0.113. The number of hydrazine groups is 1. The largest absolute Gasteiger partial charge is 0.491 e. The highest BCUT2D eigenvalue weighted by molar-refractivity contribution is 5.36. The van der Waals surface area contributed by atoms with Gasteiger partial charge in [0.05, 0.1) is 12.1 Å². The van der Waals surface area contributed by atoms with Crippen molar-refractivity contribution in [2.45, 2.75) is 32.4 Å². The van der Waals surface area contributed by atoms with Crippen LogP contribution in [0.5, 0.6) is 5.75 Å². The van der Waals surface area contributed by atoms with Crippen molar-refractivity contribution in [2.24, 2.45) is 5.84 Å². The van der Waals surface area contributed by atoms with Crippen LogP contribution >= 0.6 is 0 Å². The fourth-order valence-electron chi connectivity index (χ4n) is 1.85. The van der Waals surface area contributed by atoms with E-state index >= 15 is 0 Å². The molecule has 0 spiro atoms. The molecule has 0 aliphatic carbocycles. The molecule has 1 atom stereocenters. The van der Waals surface area contributed by atoms with Gasteiger partial charge in [0.2, 0.25) is 0 Å². The van der Waals surface area contributed by atoms with Gasteiger partial charge < -0.3 is 9.64 Å². The summed E-state index contributed by atoms with van der Waals surface area (Å²) in [6, 6.07) is 8.18. The Morgan fingerprint density at radius 3 is 2.50 bits per heavy atom. The summed E-state index contributed by atoms with van der Waals surface area (Å²) in [6.07, 6.45) is 1.11. The van der Waals surface area contributed by atoms with Crippen LogP contribution in [0, 0.1) is 0 Å². The lowest BCUT2D eigenvalue weighted by atomic mass is 10.0. The van der Waals surface area contributed by atoms with Crippen molar-refractivity contribution in [1.29, 1.82) is 0 Å². The van der Waals surface area contributed by atoms with Gasteiger partial charge in [-0.1, -0.05) is 18.2 Å². The van der Waals surface area contributed by atoms with Crippen molar-refractivity contribution in [1.82, 2.24) is 10.3 Å². The number of nitrogens with one attached hydrogen (secondary N) is 1. The lowest BCUT2D eigenvalue weighted by Gasteiger charge is -2.22. The summed E-state index contributed by atoms with van der Waals surface area (Å²) in [7, 11) is 4.12. The molecule has 3 N–H and O–H groups in total. The Balaban J connectivity index is 2.83. The highest BCUT2D eigenvalue weighted by Crippen LogP contribution is 2.27. The molecule has 0 bridgehead atoms. The molecule has 1 unspecified atom stereocenters. The minimum Gasteiger partial charge on any atom is -0.491 e. The van der Waals surface area contributed by atoms with E-state index in [4.69, 9.17) is 10.6 Å². The van der Waals surface area contributed by atoms with E-state index in [1.54, 1.807) is 0 Å². The summed E-state index contributed by atoms with van der Waals surface area (Å²) < 4.78 is 5.83. The molecule has 1 aromatic rings. The molecule has 0 radical (unpaired) electrons. The van der Waals surface area contributed by atoms with E-state index in [9.17, 15) is 0 Å². The number of ether oxygens (including phenoxy) is 1. The molecule has 4 nitrogen and oxygen atoms in total. The van der Waals surface area contributed by atoms with Gasteiger partial charge in [-0.25, -0.2) is 0 Å². The number of nitrogens with two attached hydrogens (primary N) is 1. The van der Waals surface area contributed by atoms with Gasteiger partial charge in [-0.15, -0.1) is 0 Å². The molecule has 102 valence electrons. The van der Waals surface area contributed by atoms with Crippen molar-refractivity contribution in [3.05, 3.63) is 29.8 Å². The Morgan fingerprint density at radius 1 is 1.28 bits per heavy atom. The maximum absolute atomic E-state index is 5.83. The molecule has 1 aromatic carbocycles. The zero-order valence-electron chi connectivity index (χ0n) is 11.8. The lowest BCUT2D eigenvalue weighted by molar-refractivity contribution is 0.236. The Labute approximate surface area is 110 Å². The molecule has 4 heteroatoms. The SMILES string of the molecule is CC(C)Oc1ccccc1C(CCN(C)C)NN. The van der Waals surface area contributed by atoms with Crippen molar-refractivity contribution in [3.63, 3.8) is 0 Å². The topological polar surface area (TPSA) is 50.5 Å². The quantitative estimate of drug-likeness (QED) is 0.574. The summed E-state index contributed by atoms with van der Waals surface area (Å²) in [5.41, 5.74) is 4.00. The van der Waals surface area contributed by atoms with E-state index in [0.717, 1.165) is 24.3 Å². The van der Waals surface area contributed by atoms with E-state index in [0.29, 0.717) is 0 Å². The normalized spacial score (nSPS) is 13.1. The number of nitrogens with zero attached hydrogens (tertiary/aromatic N) is 1. The number of hydrogen-bond donors (Lipinski definition) is 2. The van der Waals surface area contributed by atoms with Gasteiger partial charge in [-0.05, 0) is 47.0 Å². The molecule has 0 fully saturated rings. The Hall–Kier alpha value is -1.10. The molecule has 0 aliphatic heterocycles. The number of para-hydroxylation sites is 1. The molecular weight excluding hydrogens is 226 g/mol. The minimum absolute atomic E-state index is 0.113. The van der Waals surface area contributed by atoms with Crippen molar-refractivity contribution in [3.8, 4) is 5.75 Å². The first-order valence-electron chi connectivity index (χ1n) is 6.41. The summed E-state index contributed by atoms with van der Waals surface area (Å²) in [5.74, 6) is 6.58. The third-order valence-corrected chi connectivity index (χ3v) is 2.72. The van der Waals surface area contributed by atoms with Gasteiger partial charge in [0.15, 0.2) is 0 Å². The van der Waals surface area contributed by atoms with Crippen molar-refractivity contribution in [2.75, 3.05) is 20.6 Å². The van der Waals surface area contributed by atoms with Crippen LogP contribution in [0.2, 0.25) is 0 Å².